The van der Waals surface area contributed by atoms with Crippen molar-refractivity contribution in [3.05, 3.63) is 24.3 Å². The van der Waals surface area contributed by atoms with Crippen molar-refractivity contribution in [3.63, 3.8) is 0 Å². The normalized spacial score (nSPS) is 12.7. The lowest BCUT2D eigenvalue weighted by molar-refractivity contribution is 0.0516. The van der Waals surface area contributed by atoms with Gasteiger partial charge in [-0.1, -0.05) is 19.9 Å². The monoisotopic (exact) mass is 335 g/mol. The Morgan fingerprint density at radius 2 is 1.88 bits per heavy atom. The van der Waals surface area contributed by atoms with Crippen LogP contribution in [0.15, 0.2) is 24.3 Å². The molecule has 0 bridgehead atoms. The van der Waals surface area contributed by atoms with E-state index in [9.17, 15) is 4.79 Å². The van der Waals surface area contributed by atoms with Gasteiger partial charge in [-0.05, 0) is 50.8 Å². The van der Waals surface area contributed by atoms with Crippen LogP contribution in [0.2, 0.25) is 0 Å². The summed E-state index contributed by atoms with van der Waals surface area (Å²) in [6.07, 6.45) is -0.359. The molecule has 1 amide bonds. The summed E-state index contributed by atoms with van der Waals surface area (Å²) < 4.78 is 5.30. The van der Waals surface area contributed by atoms with Crippen molar-refractivity contribution in [2.75, 3.05) is 37.4 Å². The fraction of sp³-hybridized carbons (Fsp3) is 0.632. The van der Waals surface area contributed by atoms with Gasteiger partial charge < -0.3 is 20.3 Å². The number of amides is 1. The first-order valence-corrected chi connectivity index (χ1v) is 8.56. The standard InChI is InChI=1S/C19H33N3O2/c1-14(2)15(13-21-18(23)24-19(3,4)5)12-20-16-9-8-10-17(11-16)22(6)7/h8-11,14-15,20H,12-13H2,1-7H3,(H,21,23). The third-order valence-corrected chi connectivity index (χ3v) is 3.78. The fourth-order valence-corrected chi connectivity index (χ4v) is 2.22. The molecule has 0 spiro atoms. The largest absolute Gasteiger partial charge is 0.444 e. The maximum Gasteiger partial charge on any atom is 0.407 e. The van der Waals surface area contributed by atoms with Crippen LogP contribution >= 0.6 is 0 Å². The van der Waals surface area contributed by atoms with Crippen molar-refractivity contribution in [1.82, 2.24) is 5.32 Å². The van der Waals surface area contributed by atoms with Gasteiger partial charge in [0.1, 0.15) is 5.60 Å². The highest BCUT2D eigenvalue weighted by Crippen LogP contribution is 2.19. The molecule has 0 aromatic heterocycles. The summed E-state index contributed by atoms with van der Waals surface area (Å²) in [5, 5.41) is 6.35. The summed E-state index contributed by atoms with van der Waals surface area (Å²) in [5.74, 6) is 0.769. The smallest absolute Gasteiger partial charge is 0.407 e. The van der Waals surface area contributed by atoms with E-state index in [0.29, 0.717) is 18.4 Å². The third-order valence-electron chi connectivity index (χ3n) is 3.78. The molecule has 1 atom stereocenters. The first-order valence-electron chi connectivity index (χ1n) is 8.56. The minimum absolute atomic E-state index is 0.320. The quantitative estimate of drug-likeness (QED) is 0.792. The molecule has 2 N–H and O–H groups in total. The van der Waals surface area contributed by atoms with E-state index in [1.807, 2.05) is 40.9 Å². The fourth-order valence-electron chi connectivity index (χ4n) is 2.22. The summed E-state index contributed by atoms with van der Waals surface area (Å²) in [7, 11) is 4.06. The van der Waals surface area contributed by atoms with Crippen molar-refractivity contribution >= 4 is 17.5 Å². The van der Waals surface area contributed by atoms with Gasteiger partial charge in [-0.3, -0.25) is 0 Å². The molecule has 136 valence electrons. The molecule has 0 aliphatic heterocycles. The van der Waals surface area contributed by atoms with E-state index in [1.165, 1.54) is 0 Å². The molecule has 1 rings (SSSR count). The molecule has 24 heavy (non-hydrogen) atoms. The van der Waals surface area contributed by atoms with E-state index in [4.69, 9.17) is 4.74 Å². The number of hydrogen-bond donors (Lipinski definition) is 2. The molecular formula is C19H33N3O2. The molecule has 0 heterocycles. The van der Waals surface area contributed by atoms with Gasteiger partial charge in [0.15, 0.2) is 0 Å². The minimum Gasteiger partial charge on any atom is -0.444 e. The van der Waals surface area contributed by atoms with Crippen LogP contribution in [0.3, 0.4) is 0 Å². The first kappa shape index (κ1) is 20.1. The second-order valence-corrected chi connectivity index (χ2v) is 7.71. The molecule has 1 unspecified atom stereocenters. The maximum absolute atomic E-state index is 11.8. The van der Waals surface area contributed by atoms with E-state index in [1.54, 1.807) is 0 Å². The zero-order valence-corrected chi connectivity index (χ0v) is 16.1. The Bertz CT molecular complexity index is 522. The van der Waals surface area contributed by atoms with Crippen molar-refractivity contribution in [1.29, 1.82) is 0 Å². The highest BCUT2D eigenvalue weighted by Gasteiger charge is 2.19. The highest BCUT2D eigenvalue weighted by molar-refractivity contribution is 5.67. The summed E-state index contributed by atoms with van der Waals surface area (Å²) in [4.78, 5) is 13.9. The number of anilines is 2. The van der Waals surface area contributed by atoms with Gasteiger partial charge in [0.2, 0.25) is 0 Å². The molecule has 1 aromatic carbocycles. The van der Waals surface area contributed by atoms with Gasteiger partial charge in [0.05, 0.1) is 0 Å². The van der Waals surface area contributed by atoms with Gasteiger partial charge in [-0.15, -0.1) is 0 Å². The zero-order chi connectivity index (χ0) is 18.3. The molecule has 0 aliphatic carbocycles. The van der Waals surface area contributed by atoms with Crippen LogP contribution in [-0.2, 0) is 4.74 Å². The third kappa shape index (κ3) is 7.57. The SMILES string of the molecule is CC(C)C(CNC(=O)OC(C)(C)C)CNc1cccc(N(C)C)c1. The first-order chi connectivity index (χ1) is 11.1. The molecule has 5 heteroatoms. The maximum atomic E-state index is 11.8. The van der Waals surface area contributed by atoms with Crippen LogP contribution < -0.4 is 15.5 Å². The van der Waals surface area contributed by atoms with Crippen LogP contribution in [0, 0.1) is 11.8 Å². The van der Waals surface area contributed by atoms with Crippen molar-refractivity contribution in [2.24, 2.45) is 11.8 Å². The van der Waals surface area contributed by atoms with Gasteiger partial charge in [-0.25, -0.2) is 4.79 Å². The number of nitrogens with zero attached hydrogens (tertiary/aromatic N) is 1. The number of benzene rings is 1. The van der Waals surface area contributed by atoms with E-state index in [-0.39, 0.29) is 6.09 Å². The van der Waals surface area contributed by atoms with E-state index in [0.717, 1.165) is 17.9 Å². The summed E-state index contributed by atoms with van der Waals surface area (Å²) >= 11 is 0. The number of carbonyl (C=O) groups is 1. The van der Waals surface area contributed by atoms with E-state index < -0.39 is 5.60 Å². The van der Waals surface area contributed by atoms with E-state index in [2.05, 4.69) is 47.6 Å². The Morgan fingerprint density at radius 1 is 1.21 bits per heavy atom. The second kappa shape index (κ2) is 8.81. The Morgan fingerprint density at radius 3 is 2.42 bits per heavy atom. The molecular weight excluding hydrogens is 302 g/mol. The average Bonchev–Trinajstić information content (AvgIpc) is 2.45. The average molecular weight is 335 g/mol. The highest BCUT2D eigenvalue weighted by atomic mass is 16.6. The predicted molar refractivity (Wildman–Crippen MR) is 102 cm³/mol. The number of nitrogens with one attached hydrogen (secondary N) is 2. The van der Waals surface area contributed by atoms with Crippen molar-refractivity contribution in [2.45, 2.75) is 40.2 Å². The molecule has 5 nitrogen and oxygen atoms in total. The predicted octanol–water partition coefficient (Wildman–Crippen LogP) is 3.96. The summed E-state index contributed by atoms with van der Waals surface area (Å²) in [6.45, 7) is 11.3. The lowest BCUT2D eigenvalue weighted by Gasteiger charge is -2.24. The van der Waals surface area contributed by atoms with Crippen molar-refractivity contribution in [3.8, 4) is 0 Å². The van der Waals surface area contributed by atoms with Gasteiger partial charge in [0, 0.05) is 38.6 Å². The van der Waals surface area contributed by atoms with Crippen LogP contribution in [0.4, 0.5) is 16.2 Å². The van der Waals surface area contributed by atoms with Gasteiger partial charge >= 0.3 is 6.09 Å². The van der Waals surface area contributed by atoms with Crippen LogP contribution in [0.25, 0.3) is 0 Å². The Labute approximate surface area is 146 Å². The van der Waals surface area contributed by atoms with Crippen molar-refractivity contribution < 1.29 is 9.53 Å². The number of alkyl carbamates (subject to hydrolysis) is 1. The molecule has 0 saturated heterocycles. The zero-order valence-electron chi connectivity index (χ0n) is 16.1. The lowest BCUT2D eigenvalue weighted by Crippen LogP contribution is -2.38. The van der Waals surface area contributed by atoms with Crippen LogP contribution in [0.5, 0.6) is 0 Å². The molecule has 0 radical (unpaired) electrons. The molecule has 1 aromatic rings. The second-order valence-electron chi connectivity index (χ2n) is 7.71. The summed E-state index contributed by atoms with van der Waals surface area (Å²) in [6, 6.07) is 8.31. The Kier molecular flexibility index (Phi) is 7.39. The Hall–Kier alpha value is -1.91. The van der Waals surface area contributed by atoms with Gasteiger partial charge in [-0.2, -0.15) is 0 Å². The van der Waals surface area contributed by atoms with Crippen LogP contribution in [-0.4, -0.2) is 38.9 Å². The topological polar surface area (TPSA) is 53.6 Å². The molecule has 0 saturated carbocycles. The molecule has 0 aliphatic rings. The number of ether oxygens (including phenoxy) is 1. The molecule has 0 fully saturated rings. The lowest BCUT2D eigenvalue weighted by atomic mass is 9.95. The van der Waals surface area contributed by atoms with Crippen LogP contribution in [0.1, 0.15) is 34.6 Å². The summed E-state index contributed by atoms with van der Waals surface area (Å²) in [5.41, 5.74) is 1.78. The minimum atomic E-state index is -0.470. The van der Waals surface area contributed by atoms with Gasteiger partial charge in [0.25, 0.3) is 0 Å². The number of hydrogen-bond acceptors (Lipinski definition) is 4. The number of rotatable bonds is 7. The van der Waals surface area contributed by atoms with E-state index >= 15 is 0 Å². The Balaban J connectivity index is 2.55. The number of carbonyl (C=O) groups excluding carboxylic acids is 1.